The summed E-state index contributed by atoms with van der Waals surface area (Å²) in [6.07, 6.45) is 0. The summed E-state index contributed by atoms with van der Waals surface area (Å²) in [6, 6.07) is 19.2. The zero-order chi connectivity index (χ0) is 13.0. The van der Waals surface area contributed by atoms with E-state index in [0.29, 0.717) is 0 Å². The van der Waals surface area contributed by atoms with Gasteiger partial charge < -0.3 is 5.32 Å². The van der Waals surface area contributed by atoms with E-state index in [1.54, 1.807) is 0 Å². The minimum absolute atomic E-state index is 0.129. The van der Waals surface area contributed by atoms with Gasteiger partial charge in [-0.1, -0.05) is 61.9 Å². The van der Waals surface area contributed by atoms with Gasteiger partial charge in [0.25, 0.3) is 0 Å². The van der Waals surface area contributed by atoms with Gasteiger partial charge in [0.2, 0.25) is 0 Å². The highest BCUT2D eigenvalue weighted by Crippen LogP contribution is 2.24. The second kappa shape index (κ2) is 5.26. The van der Waals surface area contributed by atoms with Crippen molar-refractivity contribution in [3.05, 3.63) is 65.7 Å². The van der Waals surface area contributed by atoms with Gasteiger partial charge >= 0.3 is 0 Å². The van der Waals surface area contributed by atoms with Crippen molar-refractivity contribution >= 4 is 5.69 Å². The van der Waals surface area contributed by atoms with Crippen LogP contribution in [0.5, 0.6) is 0 Å². The molecule has 0 aromatic heterocycles. The van der Waals surface area contributed by atoms with Crippen LogP contribution in [-0.2, 0) is 5.41 Å². The molecule has 18 heavy (non-hydrogen) atoms. The van der Waals surface area contributed by atoms with E-state index < -0.39 is 0 Å². The first-order chi connectivity index (χ1) is 8.58. The Bertz CT molecular complexity index is 483. The molecule has 0 amide bonds. The Kier molecular flexibility index (Phi) is 3.71. The lowest BCUT2D eigenvalue weighted by Crippen LogP contribution is -2.27. The average Bonchev–Trinajstić information content (AvgIpc) is 2.38. The number of anilines is 1. The normalized spacial score (nSPS) is 11.3. The second-order valence-electron chi connectivity index (χ2n) is 5.47. The Morgan fingerprint density at radius 3 is 2.11 bits per heavy atom. The van der Waals surface area contributed by atoms with E-state index in [1.807, 2.05) is 6.07 Å². The first kappa shape index (κ1) is 12.7. The molecule has 2 aromatic rings. The molecule has 2 rings (SSSR count). The van der Waals surface area contributed by atoms with Gasteiger partial charge in [0, 0.05) is 17.6 Å². The maximum Gasteiger partial charge on any atom is 0.0340 e. The van der Waals surface area contributed by atoms with Crippen molar-refractivity contribution < 1.29 is 0 Å². The van der Waals surface area contributed by atoms with Crippen LogP contribution in [0.1, 0.15) is 25.0 Å². The van der Waals surface area contributed by atoms with E-state index >= 15 is 0 Å². The second-order valence-corrected chi connectivity index (χ2v) is 5.47. The zero-order valence-electron chi connectivity index (χ0n) is 11.4. The molecule has 0 unspecified atom stereocenters. The number of para-hydroxylation sites is 1. The quantitative estimate of drug-likeness (QED) is 0.834. The number of aryl methyl sites for hydroxylation is 1. The Morgan fingerprint density at radius 1 is 0.889 bits per heavy atom. The van der Waals surface area contributed by atoms with Gasteiger partial charge in [-0.2, -0.15) is 0 Å². The zero-order valence-corrected chi connectivity index (χ0v) is 11.4. The average molecular weight is 239 g/mol. The lowest BCUT2D eigenvalue weighted by atomic mass is 9.84. The molecular weight excluding hydrogens is 218 g/mol. The highest BCUT2D eigenvalue weighted by atomic mass is 14.9. The van der Waals surface area contributed by atoms with Gasteiger partial charge in [-0.3, -0.25) is 0 Å². The van der Waals surface area contributed by atoms with Crippen LogP contribution in [0, 0.1) is 6.92 Å². The van der Waals surface area contributed by atoms with Crippen LogP contribution in [0.25, 0.3) is 0 Å². The van der Waals surface area contributed by atoms with Crippen molar-refractivity contribution in [1.29, 1.82) is 0 Å². The number of nitrogens with one attached hydrogen (secondary N) is 1. The van der Waals surface area contributed by atoms with Crippen molar-refractivity contribution in [3.8, 4) is 0 Å². The fourth-order valence-electron chi connectivity index (χ4n) is 1.99. The van der Waals surface area contributed by atoms with Gasteiger partial charge in [0.15, 0.2) is 0 Å². The van der Waals surface area contributed by atoms with Gasteiger partial charge in [-0.15, -0.1) is 0 Å². The van der Waals surface area contributed by atoms with E-state index in [9.17, 15) is 0 Å². The lowest BCUT2D eigenvalue weighted by molar-refractivity contribution is 0.557. The van der Waals surface area contributed by atoms with Gasteiger partial charge in [0.1, 0.15) is 0 Å². The summed E-state index contributed by atoms with van der Waals surface area (Å²) < 4.78 is 0. The molecule has 0 fully saturated rings. The first-order valence-electron chi connectivity index (χ1n) is 6.44. The van der Waals surface area contributed by atoms with Crippen LogP contribution in [0.3, 0.4) is 0 Å². The molecule has 1 N–H and O–H groups in total. The third-order valence-electron chi connectivity index (χ3n) is 3.34. The molecule has 0 spiro atoms. The third-order valence-corrected chi connectivity index (χ3v) is 3.34. The highest BCUT2D eigenvalue weighted by molar-refractivity contribution is 5.43. The highest BCUT2D eigenvalue weighted by Gasteiger charge is 2.19. The molecule has 0 aliphatic rings. The van der Waals surface area contributed by atoms with E-state index in [0.717, 1.165) is 6.54 Å². The summed E-state index contributed by atoms with van der Waals surface area (Å²) in [4.78, 5) is 0. The standard InChI is InChI=1S/C17H21N/c1-14-9-11-15(12-10-14)17(2,3)13-18-16-7-5-4-6-8-16/h4-12,18H,13H2,1-3H3. The molecule has 0 atom stereocenters. The van der Waals surface area contributed by atoms with Gasteiger partial charge in [-0.05, 0) is 24.6 Å². The van der Waals surface area contributed by atoms with E-state index in [-0.39, 0.29) is 5.41 Å². The molecule has 0 saturated heterocycles. The molecule has 1 heteroatoms. The molecule has 94 valence electrons. The molecule has 0 aliphatic carbocycles. The van der Waals surface area contributed by atoms with Gasteiger partial charge in [0.05, 0.1) is 0 Å². The van der Waals surface area contributed by atoms with Crippen LogP contribution >= 0.6 is 0 Å². The Morgan fingerprint density at radius 2 is 1.50 bits per heavy atom. The Balaban J connectivity index is 2.05. The minimum Gasteiger partial charge on any atom is -0.384 e. The maximum atomic E-state index is 3.50. The van der Waals surface area contributed by atoms with Crippen molar-refractivity contribution in [2.75, 3.05) is 11.9 Å². The Labute approximate surface area is 110 Å². The molecule has 0 heterocycles. The minimum atomic E-state index is 0.129. The molecule has 0 bridgehead atoms. The summed E-state index contributed by atoms with van der Waals surface area (Å²) in [7, 11) is 0. The largest absolute Gasteiger partial charge is 0.384 e. The molecule has 1 nitrogen and oxygen atoms in total. The number of hydrogen-bond donors (Lipinski definition) is 1. The summed E-state index contributed by atoms with van der Waals surface area (Å²) >= 11 is 0. The van der Waals surface area contributed by atoms with Crippen LogP contribution in [-0.4, -0.2) is 6.54 Å². The molecule has 0 radical (unpaired) electrons. The fourth-order valence-corrected chi connectivity index (χ4v) is 1.99. The summed E-state index contributed by atoms with van der Waals surface area (Å²) in [5.74, 6) is 0. The van der Waals surface area contributed by atoms with Crippen molar-refractivity contribution in [2.24, 2.45) is 0 Å². The third kappa shape index (κ3) is 3.13. The summed E-state index contributed by atoms with van der Waals surface area (Å²) in [6.45, 7) is 7.60. The van der Waals surface area contributed by atoms with Crippen molar-refractivity contribution in [3.63, 3.8) is 0 Å². The van der Waals surface area contributed by atoms with Crippen LogP contribution in [0.2, 0.25) is 0 Å². The monoisotopic (exact) mass is 239 g/mol. The van der Waals surface area contributed by atoms with Crippen LogP contribution in [0.15, 0.2) is 54.6 Å². The Hall–Kier alpha value is -1.76. The fraction of sp³-hybridized carbons (Fsp3) is 0.294. The number of benzene rings is 2. The van der Waals surface area contributed by atoms with E-state index in [1.165, 1.54) is 16.8 Å². The van der Waals surface area contributed by atoms with E-state index in [2.05, 4.69) is 74.6 Å². The SMILES string of the molecule is Cc1ccc(C(C)(C)CNc2ccccc2)cc1. The summed E-state index contributed by atoms with van der Waals surface area (Å²) in [5, 5.41) is 3.50. The molecule has 0 saturated carbocycles. The van der Waals surface area contributed by atoms with Crippen molar-refractivity contribution in [1.82, 2.24) is 0 Å². The molecule has 0 aliphatic heterocycles. The molecule has 2 aromatic carbocycles. The van der Waals surface area contributed by atoms with Crippen molar-refractivity contribution in [2.45, 2.75) is 26.2 Å². The van der Waals surface area contributed by atoms with Gasteiger partial charge in [-0.25, -0.2) is 0 Å². The summed E-state index contributed by atoms with van der Waals surface area (Å²) in [5.41, 5.74) is 3.99. The predicted octanol–water partition coefficient (Wildman–Crippen LogP) is 4.38. The molecular formula is C17H21N. The topological polar surface area (TPSA) is 12.0 Å². The van der Waals surface area contributed by atoms with Crippen LogP contribution < -0.4 is 5.32 Å². The van der Waals surface area contributed by atoms with Crippen LogP contribution in [0.4, 0.5) is 5.69 Å². The smallest absolute Gasteiger partial charge is 0.0340 e. The lowest BCUT2D eigenvalue weighted by Gasteiger charge is -2.26. The number of hydrogen-bond acceptors (Lipinski definition) is 1. The maximum absolute atomic E-state index is 3.50. The van der Waals surface area contributed by atoms with E-state index in [4.69, 9.17) is 0 Å². The first-order valence-corrected chi connectivity index (χ1v) is 6.44. The number of rotatable bonds is 4. The predicted molar refractivity (Wildman–Crippen MR) is 79.1 cm³/mol.